The Morgan fingerprint density at radius 3 is 2.25 bits per heavy atom. The van der Waals surface area contributed by atoms with E-state index in [9.17, 15) is 19.7 Å². The quantitative estimate of drug-likeness (QED) is 0.323. The summed E-state index contributed by atoms with van der Waals surface area (Å²) in [5.41, 5.74) is 1.08. The van der Waals surface area contributed by atoms with E-state index >= 15 is 0 Å². The van der Waals surface area contributed by atoms with Crippen molar-refractivity contribution in [2.75, 3.05) is 34.9 Å². The third-order valence-electron chi connectivity index (χ3n) is 5.70. The molecule has 0 radical (unpaired) electrons. The minimum absolute atomic E-state index is 0.135. The number of carbonyl (C=O) groups excluding carboxylic acids is 1. The van der Waals surface area contributed by atoms with Gasteiger partial charge >= 0.3 is 0 Å². The maximum Gasteiger partial charge on any atom is 0.270 e. The predicted molar refractivity (Wildman–Crippen MR) is 120 cm³/mol. The third kappa shape index (κ3) is 3.31. The molecule has 32 heavy (non-hydrogen) atoms. The Bertz CT molecular complexity index is 1330. The summed E-state index contributed by atoms with van der Waals surface area (Å²) in [6.45, 7) is 1.10. The van der Waals surface area contributed by atoms with Gasteiger partial charge in [-0.15, -0.1) is 0 Å². The number of pyridine rings is 1. The van der Waals surface area contributed by atoms with E-state index in [1.807, 2.05) is 19.0 Å². The van der Waals surface area contributed by atoms with E-state index in [1.165, 1.54) is 32.4 Å². The standard InChI is InChI=1S/C23H23N3O6/c1-24(2)8-5-9-25-21-16-10-13(26(29)30)6-7-14(16)22(27)20(21)15-11-18(31-3)19(32-4)12-17(15)23(25)28/h6-7,10-12H,5,8-9H2,1-4H3. The van der Waals surface area contributed by atoms with Crippen LogP contribution >= 0.6 is 0 Å². The molecule has 0 bridgehead atoms. The average Bonchev–Trinajstić information content (AvgIpc) is 3.06. The second-order valence-electron chi connectivity index (χ2n) is 7.91. The number of carbonyl (C=O) groups is 1. The number of rotatable bonds is 7. The van der Waals surface area contributed by atoms with Gasteiger partial charge in [-0.3, -0.25) is 19.7 Å². The van der Waals surface area contributed by atoms with Crippen LogP contribution in [0.15, 0.2) is 35.1 Å². The summed E-state index contributed by atoms with van der Waals surface area (Å²) >= 11 is 0. The van der Waals surface area contributed by atoms with Gasteiger partial charge in [0.1, 0.15) is 0 Å². The summed E-state index contributed by atoms with van der Waals surface area (Å²) in [6.07, 6.45) is 0.663. The molecular formula is C23H23N3O6. The summed E-state index contributed by atoms with van der Waals surface area (Å²) < 4.78 is 12.3. The van der Waals surface area contributed by atoms with Crippen LogP contribution in [0.4, 0.5) is 5.69 Å². The SMILES string of the molecule is COc1cc2c3c(n(CCCN(C)C)c(=O)c2cc1OC)-c1cc([N+](=O)[O-])ccc1C3=O. The van der Waals surface area contributed by atoms with Crippen LogP contribution < -0.4 is 15.0 Å². The maximum absolute atomic E-state index is 13.6. The van der Waals surface area contributed by atoms with E-state index in [0.717, 1.165) is 6.54 Å². The van der Waals surface area contributed by atoms with Crippen molar-refractivity contribution in [2.24, 2.45) is 0 Å². The number of fused-ring (bicyclic) bond motifs is 5. The van der Waals surface area contributed by atoms with Gasteiger partial charge in [-0.25, -0.2) is 0 Å². The Hall–Kier alpha value is -3.72. The second-order valence-corrected chi connectivity index (χ2v) is 7.91. The maximum atomic E-state index is 13.6. The number of ether oxygens (including phenoxy) is 2. The van der Waals surface area contributed by atoms with Gasteiger partial charge in [0.05, 0.1) is 35.8 Å². The molecule has 0 fully saturated rings. The van der Waals surface area contributed by atoms with E-state index in [2.05, 4.69) is 0 Å². The summed E-state index contributed by atoms with van der Waals surface area (Å²) in [5, 5.41) is 12.2. The van der Waals surface area contributed by atoms with Crippen LogP contribution in [0.3, 0.4) is 0 Å². The normalized spacial score (nSPS) is 12.2. The molecule has 1 aliphatic rings. The first kappa shape index (κ1) is 21.5. The van der Waals surface area contributed by atoms with Crippen molar-refractivity contribution >= 4 is 22.2 Å². The molecule has 0 saturated carbocycles. The molecule has 2 aromatic carbocycles. The Balaban J connectivity index is 2.08. The largest absolute Gasteiger partial charge is 0.493 e. The van der Waals surface area contributed by atoms with Crippen LogP contribution in [0.25, 0.3) is 22.0 Å². The summed E-state index contributed by atoms with van der Waals surface area (Å²) in [6, 6.07) is 7.34. The van der Waals surface area contributed by atoms with Gasteiger partial charge in [-0.05, 0) is 45.3 Å². The van der Waals surface area contributed by atoms with E-state index in [4.69, 9.17) is 9.47 Å². The summed E-state index contributed by atoms with van der Waals surface area (Å²) in [4.78, 5) is 39.9. The lowest BCUT2D eigenvalue weighted by Gasteiger charge is -2.17. The van der Waals surface area contributed by atoms with Gasteiger partial charge < -0.3 is 18.9 Å². The predicted octanol–water partition coefficient (Wildman–Crippen LogP) is 3.09. The highest BCUT2D eigenvalue weighted by Crippen LogP contribution is 2.43. The molecule has 1 heterocycles. The topological polar surface area (TPSA) is 104 Å². The number of methoxy groups -OCH3 is 2. The second kappa shape index (κ2) is 8.08. The molecule has 166 valence electrons. The lowest BCUT2D eigenvalue weighted by molar-refractivity contribution is -0.384. The Labute approximate surface area is 183 Å². The van der Waals surface area contributed by atoms with Gasteiger partial charge in [0.15, 0.2) is 17.3 Å². The van der Waals surface area contributed by atoms with Gasteiger partial charge in [0.2, 0.25) is 0 Å². The van der Waals surface area contributed by atoms with E-state index in [-0.39, 0.29) is 17.0 Å². The molecule has 0 unspecified atom stereocenters. The van der Waals surface area contributed by atoms with Crippen molar-refractivity contribution in [3.63, 3.8) is 0 Å². The van der Waals surface area contributed by atoms with Crippen LogP contribution in [0.5, 0.6) is 11.5 Å². The first-order valence-electron chi connectivity index (χ1n) is 10.1. The van der Waals surface area contributed by atoms with Crippen LogP contribution in [0.2, 0.25) is 0 Å². The first-order chi connectivity index (χ1) is 15.3. The molecule has 1 aromatic heterocycles. The lowest BCUT2D eigenvalue weighted by atomic mass is 10.0. The van der Waals surface area contributed by atoms with Gasteiger partial charge in [-0.2, -0.15) is 0 Å². The van der Waals surface area contributed by atoms with Crippen molar-refractivity contribution in [1.29, 1.82) is 0 Å². The number of benzene rings is 2. The number of non-ortho nitro benzene ring substituents is 1. The molecule has 0 N–H and O–H groups in total. The number of nitro groups is 1. The zero-order valence-electron chi connectivity index (χ0n) is 18.3. The minimum Gasteiger partial charge on any atom is -0.493 e. The number of aromatic nitrogens is 1. The van der Waals surface area contributed by atoms with Crippen LogP contribution in [-0.4, -0.2) is 55.0 Å². The zero-order chi connectivity index (χ0) is 23.2. The molecule has 0 atom stereocenters. The molecule has 1 aliphatic carbocycles. The summed E-state index contributed by atoms with van der Waals surface area (Å²) in [7, 11) is 6.83. The molecular weight excluding hydrogens is 414 g/mol. The lowest BCUT2D eigenvalue weighted by Crippen LogP contribution is -2.25. The van der Waals surface area contributed by atoms with Crippen LogP contribution in [0, 0.1) is 10.1 Å². The number of hydrogen-bond acceptors (Lipinski definition) is 7. The molecule has 4 rings (SSSR count). The molecule has 0 saturated heterocycles. The van der Waals surface area contributed by atoms with Crippen molar-refractivity contribution in [2.45, 2.75) is 13.0 Å². The van der Waals surface area contributed by atoms with E-state index in [1.54, 1.807) is 16.7 Å². The number of nitrogens with zero attached hydrogens (tertiary/aromatic N) is 3. The summed E-state index contributed by atoms with van der Waals surface area (Å²) in [5.74, 6) is 0.501. The van der Waals surface area contributed by atoms with Crippen molar-refractivity contribution in [1.82, 2.24) is 9.47 Å². The Morgan fingerprint density at radius 1 is 1.00 bits per heavy atom. The fourth-order valence-corrected chi connectivity index (χ4v) is 4.21. The number of hydrogen-bond donors (Lipinski definition) is 0. The highest BCUT2D eigenvalue weighted by Gasteiger charge is 2.34. The van der Waals surface area contributed by atoms with Crippen molar-refractivity contribution < 1.29 is 19.2 Å². The van der Waals surface area contributed by atoms with Gasteiger partial charge in [-0.1, -0.05) is 0 Å². The van der Waals surface area contributed by atoms with Crippen LogP contribution in [0.1, 0.15) is 22.3 Å². The molecule has 0 spiro atoms. The molecule has 0 aliphatic heterocycles. The molecule has 3 aromatic rings. The van der Waals surface area contributed by atoms with E-state index < -0.39 is 4.92 Å². The minimum atomic E-state index is -0.508. The average molecular weight is 437 g/mol. The third-order valence-corrected chi connectivity index (χ3v) is 5.70. The van der Waals surface area contributed by atoms with Gasteiger partial charge in [0, 0.05) is 35.2 Å². The van der Waals surface area contributed by atoms with Crippen LogP contribution in [-0.2, 0) is 6.54 Å². The Kier molecular flexibility index (Phi) is 5.43. The highest BCUT2D eigenvalue weighted by molar-refractivity contribution is 6.27. The molecule has 0 amide bonds. The van der Waals surface area contributed by atoms with Gasteiger partial charge in [0.25, 0.3) is 11.2 Å². The number of ketones is 1. The van der Waals surface area contributed by atoms with Crippen molar-refractivity contribution in [3.8, 4) is 22.8 Å². The fourth-order valence-electron chi connectivity index (χ4n) is 4.21. The van der Waals surface area contributed by atoms with E-state index in [0.29, 0.717) is 57.6 Å². The zero-order valence-corrected chi connectivity index (χ0v) is 18.3. The first-order valence-corrected chi connectivity index (χ1v) is 10.1. The number of nitro benzene ring substituents is 1. The Morgan fingerprint density at radius 2 is 1.66 bits per heavy atom. The molecule has 9 nitrogen and oxygen atoms in total. The highest BCUT2D eigenvalue weighted by atomic mass is 16.6. The van der Waals surface area contributed by atoms with Crippen molar-refractivity contribution in [3.05, 3.63) is 61.9 Å². The smallest absolute Gasteiger partial charge is 0.270 e. The fraction of sp³-hybridized carbons (Fsp3) is 0.304. The molecule has 9 heteroatoms. The monoisotopic (exact) mass is 437 g/mol.